The Balaban J connectivity index is 0.902. The number of nitrogens with zero attached hydrogens (tertiary/aromatic N) is 6. The topological polar surface area (TPSA) is 90.5 Å². The number of aromatic nitrogens is 6. The second-order valence-electron chi connectivity index (χ2n) is 14.4. The number of rotatable bonds is 7. The number of hydrogen-bond acceptors (Lipinski definition) is 7. The average molecular weight is 757 g/mol. The number of hydrogen-bond donors (Lipinski definition) is 0. The van der Waals surface area contributed by atoms with Crippen molar-refractivity contribution in [1.29, 1.82) is 0 Å². The van der Waals surface area contributed by atoms with Crippen molar-refractivity contribution in [3.05, 3.63) is 195 Å². The lowest BCUT2D eigenvalue weighted by Crippen LogP contribution is -2.00. The van der Waals surface area contributed by atoms with Gasteiger partial charge in [-0.15, -0.1) is 0 Å². The minimum absolute atomic E-state index is 0.627. The molecule has 7 nitrogen and oxygen atoms in total. The van der Waals surface area contributed by atoms with Crippen LogP contribution in [0.15, 0.2) is 199 Å². The normalized spacial score (nSPS) is 11.4. The molecule has 0 spiro atoms. The summed E-state index contributed by atoms with van der Waals surface area (Å²) in [6, 6.07) is 62.3. The van der Waals surface area contributed by atoms with Crippen LogP contribution >= 0.6 is 0 Å². The van der Waals surface area contributed by atoms with Crippen LogP contribution in [0.5, 0.6) is 0 Å². The van der Waals surface area contributed by atoms with Crippen LogP contribution in [0.1, 0.15) is 0 Å². The van der Waals surface area contributed by atoms with Gasteiger partial charge in [0, 0.05) is 27.8 Å². The zero-order valence-electron chi connectivity index (χ0n) is 31.6. The molecule has 0 saturated carbocycles. The highest BCUT2D eigenvalue weighted by Crippen LogP contribution is 2.36. The Bertz CT molecular complexity index is 3240. The summed E-state index contributed by atoms with van der Waals surface area (Å²) in [4.78, 5) is 28.8. The van der Waals surface area contributed by atoms with E-state index in [1.54, 1.807) is 12.5 Å². The summed E-state index contributed by atoms with van der Waals surface area (Å²) in [5, 5.41) is 3.16. The maximum Gasteiger partial charge on any atom is 0.180 e. The molecule has 0 fully saturated rings. The fourth-order valence-corrected chi connectivity index (χ4v) is 7.63. The molecule has 7 aromatic carbocycles. The van der Waals surface area contributed by atoms with Gasteiger partial charge in [0.25, 0.3) is 0 Å². The van der Waals surface area contributed by atoms with Crippen molar-refractivity contribution >= 4 is 32.8 Å². The first kappa shape index (κ1) is 34.1. The van der Waals surface area contributed by atoms with E-state index in [1.165, 1.54) is 5.56 Å². The van der Waals surface area contributed by atoms with E-state index in [0.717, 1.165) is 77.6 Å². The monoisotopic (exact) mass is 756 g/mol. The third kappa shape index (κ3) is 6.46. The van der Waals surface area contributed by atoms with Crippen LogP contribution in [0, 0.1) is 0 Å². The standard InChI is InChI=1S/C52H32N6O/c1-4-10-33(11-5-1)34-16-22-37(23-17-34)47-49-48(55-32-54-47)44-30-45(53-31-46(44)59-49)42-27-21-36-20-26-41(28-43(36)29-42)35-18-24-40(25-19-35)52-57-50(38-12-6-2-7-13-38)56-51(58-52)39-14-8-3-9-15-39/h1-32H. The van der Waals surface area contributed by atoms with Crippen molar-refractivity contribution in [2.75, 3.05) is 0 Å². The second kappa shape index (κ2) is 14.4. The van der Waals surface area contributed by atoms with Gasteiger partial charge in [0.1, 0.15) is 17.5 Å². The van der Waals surface area contributed by atoms with Gasteiger partial charge < -0.3 is 4.42 Å². The quantitative estimate of drug-likeness (QED) is 0.160. The SMILES string of the molecule is c1ccc(-c2ccc(-c3ncnc4c3oc3cnc(-c5ccc6ccc(-c7ccc(-c8nc(-c9ccccc9)nc(-c9ccccc9)n8)cc7)cc6c5)cc34)cc2)cc1. The molecule has 0 amide bonds. The molecule has 0 aliphatic rings. The first-order valence-corrected chi connectivity index (χ1v) is 19.4. The van der Waals surface area contributed by atoms with E-state index in [2.05, 4.69) is 113 Å². The molecule has 0 atom stereocenters. The van der Waals surface area contributed by atoms with Crippen LogP contribution in [0.25, 0.3) is 112 Å². The molecule has 59 heavy (non-hydrogen) atoms. The minimum Gasteiger partial charge on any atom is -0.450 e. The third-order valence-electron chi connectivity index (χ3n) is 10.7. The van der Waals surface area contributed by atoms with Crippen molar-refractivity contribution in [2.24, 2.45) is 0 Å². The Labute approximate surface area is 339 Å². The maximum atomic E-state index is 6.37. The Morgan fingerprint density at radius 1 is 0.356 bits per heavy atom. The summed E-state index contributed by atoms with van der Waals surface area (Å²) in [5.41, 5.74) is 12.9. The van der Waals surface area contributed by atoms with E-state index in [-0.39, 0.29) is 0 Å². The Morgan fingerprint density at radius 2 is 0.831 bits per heavy atom. The van der Waals surface area contributed by atoms with E-state index in [0.29, 0.717) is 28.6 Å². The predicted molar refractivity (Wildman–Crippen MR) is 236 cm³/mol. The molecule has 7 heteroatoms. The summed E-state index contributed by atoms with van der Waals surface area (Å²) < 4.78 is 6.37. The van der Waals surface area contributed by atoms with Gasteiger partial charge in [-0.1, -0.05) is 164 Å². The van der Waals surface area contributed by atoms with E-state index in [1.807, 2.05) is 78.9 Å². The zero-order valence-corrected chi connectivity index (χ0v) is 31.6. The first-order chi connectivity index (χ1) is 29.2. The van der Waals surface area contributed by atoms with Crippen molar-refractivity contribution in [2.45, 2.75) is 0 Å². The summed E-state index contributed by atoms with van der Waals surface area (Å²) in [6.45, 7) is 0. The van der Waals surface area contributed by atoms with Crippen LogP contribution in [0.3, 0.4) is 0 Å². The van der Waals surface area contributed by atoms with E-state index < -0.39 is 0 Å². The highest BCUT2D eigenvalue weighted by molar-refractivity contribution is 6.07. The molecule has 0 aliphatic heterocycles. The van der Waals surface area contributed by atoms with Crippen LogP contribution in [-0.4, -0.2) is 29.9 Å². The molecule has 4 aromatic heterocycles. The van der Waals surface area contributed by atoms with Crippen molar-refractivity contribution in [3.8, 4) is 78.9 Å². The molecule has 0 N–H and O–H groups in total. The number of pyridine rings is 1. The van der Waals surface area contributed by atoms with Gasteiger partial charge in [-0.25, -0.2) is 24.9 Å². The number of fused-ring (bicyclic) bond motifs is 4. The van der Waals surface area contributed by atoms with Gasteiger partial charge in [0.05, 0.1) is 17.3 Å². The summed E-state index contributed by atoms with van der Waals surface area (Å²) in [6.07, 6.45) is 3.39. The molecule has 4 heterocycles. The summed E-state index contributed by atoms with van der Waals surface area (Å²) in [5.74, 6) is 1.91. The molecule has 0 aliphatic carbocycles. The highest BCUT2D eigenvalue weighted by Gasteiger charge is 2.17. The average Bonchev–Trinajstić information content (AvgIpc) is 3.70. The smallest absolute Gasteiger partial charge is 0.180 e. The summed E-state index contributed by atoms with van der Waals surface area (Å²) in [7, 11) is 0. The van der Waals surface area contributed by atoms with Crippen LogP contribution in [0.4, 0.5) is 0 Å². The molecular weight excluding hydrogens is 725 g/mol. The molecule has 0 bridgehead atoms. The molecule has 11 rings (SSSR count). The van der Waals surface area contributed by atoms with Crippen molar-refractivity contribution in [3.63, 3.8) is 0 Å². The fourth-order valence-electron chi connectivity index (χ4n) is 7.63. The largest absolute Gasteiger partial charge is 0.450 e. The molecule has 0 saturated heterocycles. The molecular formula is C52H32N6O. The van der Waals surface area contributed by atoms with E-state index >= 15 is 0 Å². The van der Waals surface area contributed by atoms with Crippen LogP contribution in [-0.2, 0) is 0 Å². The molecule has 11 aromatic rings. The first-order valence-electron chi connectivity index (χ1n) is 19.4. The zero-order chi connectivity index (χ0) is 39.1. The Kier molecular flexibility index (Phi) is 8.33. The van der Waals surface area contributed by atoms with Gasteiger partial charge in [0.15, 0.2) is 28.6 Å². The lowest BCUT2D eigenvalue weighted by Gasteiger charge is -2.10. The highest BCUT2D eigenvalue weighted by atomic mass is 16.3. The fraction of sp³-hybridized carbons (Fsp3) is 0. The molecule has 0 unspecified atom stereocenters. The van der Waals surface area contributed by atoms with E-state index in [9.17, 15) is 0 Å². The maximum absolute atomic E-state index is 6.37. The predicted octanol–water partition coefficient (Wildman–Crippen LogP) is 12.8. The van der Waals surface area contributed by atoms with Crippen molar-refractivity contribution in [1.82, 2.24) is 29.9 Å². The molecule has 0 radical (unpaired) electrons. The summed E-state index contributed by atoms with van der Waals surface area (Å²) >= 11 is 0. The van der Waals surface area contributed by atoms with Crippen molar-refractivity contribution < 1.29 is 4.42 Å². The van der Waals surface area contributed by atoms with Crippen LogP contribution < -0.4 is 0 Å². The van der Waals surface area contributed by atoms with Gasteiger partial charge >= 0.3 is 0 Å². The number of benzene rings is 7. The van der Waals surface area contributed by atoms with Gasteiger partial charge in [-0.2, -0.15) is 0 Å². The third-order valence-corrected chi connectivity index (χ3v) is 10.7. The molecule has 276 valence electrons. The van der Waals surface area contributed by atoms with Gasteiger partial charge in [-0.05, 0) is 51.2 Å². The van der Waals surface area contributed by atoms with Gasteiger partial charge in [0.2, 0.25) is 0 Å². The second-order valence-corrected chi connectivity index (χ2v) is 14.4. The lowest BCUT2D eigenvalue weighted by atomic mass is 9.98. The minimum atomic E-state index is 0.627. The van der Waals surface area contributed by atoms with Crippen LogP contribution in [0.2, 0.25) is 0 Å². The lowest BCUT2D eigenvalue weighted by molar-refractivity contribution is 0.665. The Hall–Kier alpha value is -8.16. The number of furan rings is 1. The van der Waals surface area contributed by atoms with E-state index in [4.69, 9.17) is 24.4 Å². The Morgan fingerprint density at radius 3 is 1.46 bits per heavy atom. The van der Waals surface area contributed by atoms with Gasteiger partial charge in [-0.3, -0.25) is 4.98 Å².